The number of halogens is 3. The lowest BCUT2D eigenvalue weighted by molar-refractivity contribution is -0.384. The van der Waals surface area contributed by atoms with Gasteiger partial charge in [-0.3, -0.25) is 14.9 Å². The van der Waals surface area contributed by atoms with Gasteiger partial charge in [-0.05, 0) is 42.8 Å². The number of anilines is 1. The summed E-state index contributed by atoms with van der Waals surface area (Å²) < 4.78 is 44.2. The largest absolute Gasteiger partial charge is 0.494 e. The molecule has 2 aromatic carbocycles. The molecule has 1 amide bonds. The molecule has 10 heteroatoms. The molecule has 0 spiro atoms. The van der Waals surface area contributed by atoms with Crippen molar-refractivity contribution in [2.24, 2.45) is 0 Å². The van der Waals surface area contributed by atoms with Crippen LogP contribution in [0.5, 0.6) is 5.75 Å². The number of benzene rings is 2. The molecule has 0 aliphatic carbocycles. The van der Waals surface area contributed by atoms with E-state index in [-0.39, 0.29) is 24.7 Å². The van der Waals surface area contributed by atoms with Crippen molar-refractivity contribution in [1.82, 2.24) is 4.90 Å². The van der Waals surface area contributed by atoms with Crippen molar-refractivity contribution < 1.29 is 27.6 Å². The molecule has 0 atom stereocenters. The third-order valence-corrected chi connectivity index (χ3v) is 4.98. The van der Waals surface area contributed by atoms with Gasteiger partial charge in [0.15, 0.2) is 0 Å². The van der Waals surface area contributed by atoms with Crippen LogP contribution >= 0.6 is 0 Å². The van der Waals surface area contributed by atoms with Crippen LogP contribution in [-0.4, -0.2) is 48.5 Å². The van der Waals surface area contributed by atoms with Crippen LogP contribution in [0.2, 0.25) is 0 Å². The van der Waals surface area contributed by atoms with Crippen molar-refractivity contribution in [3.05, 3.63) is 63.7 Å². The van der Waals surface area contributed by atoms with Gasteiger partial charge in [0.1, 0.15) is 11.4 Å². The molecule has 1 aliphatic rings. The fraction of sp³-hybridized carbons (Fsp3) is 0.381. The van der Waals surface area contributed by atoms with Crippen molar-refractivity contribution in [3.63, 3.8) is 0 Å². The van der Waals surface area contributed by atoms with Gasteiger partial charge < -0.3 is 14.5 Å². The molecule has 166 valence electrons. The van der Waals surface area contributed by atoms with E-state index in [1.54, 1.807) is 34.1 Å². The zero-order valence-corrected chi connectivity index (χ0v) is 16.9. The first-order valence-electron chi connectivity index (χ1n) is 9.83. The van der Waals surface area contributed by atoms with Crippen LogP contribution in [0.1, 0.15) is 29.3 Å². The van der Waals surface area contributed by atoms with Crippen LogP contribution in [0.3, 0.4) is 0 Å². The molecule has 31 heavy (non-hydrogen) atoms. The molecule has 1 saturated heterocycles. The maximum atomic E-state index is 12.9. The van der Waals surface area contributed by atoms with E-state index >= 15 is 0 Å². The Labute approximate surface area is 177 Å². The molecule has 7 nitrogen and oxygen atoms in total. The second-order valence-corrected chi connectivity index (χ2v) is 7.11. The average Bonchev–Trinajstić information content (AvgIpc) is 2.76. The lowest BCUT2D eigenvalue weighted by Crippen LogP contribution is -2.49. The predicted octanol–water partition coefficient (Wildman–Crippen LogP) is 4.36. The first-order chi connectivity index (χ1) is 14.7. The summed E-state index contributed by atoms with van der Waals surface area (Å²) in [5.41, 5.74) is -1.05. The van der Waals surface area contributed by atoms with Gasteiger partial charge in [0.25, 0.3) is 11.6 Å². The number of hydrogen-bond donors (Lipinski definition) is 0. The molecule has 3 rings (SSSR count). The van der Waals surface area contributed by atoms with Gasteiger partial charge in [0.05, 0.1) is 17.1 Å². The van der Waals surface area contributed by atoms with Gasteiger partial charge in [-0.1, -0.05) is 6.92 Å². The normalized spacial score (nSPS) is 14.5. The van der Waals surface area contributed by atoms with Gasteiger partial charge in [0, 0.05) is 37.8 Å². The molecular formula is C21H22F3N3O4. The predicted molar refractivity (Wildman–Crippen MR) is 108 cm³/mol. The number of piperazine rings is 1. The Balaban J connectivity index is 1.68. The minimum absolute atomic E-state index is 0.113. The van der Waals surface area contributed by atoms with Crippen molar-refractivity contribution in [2.75, 3.05) is 37.7 Å². The maximum Gasteiger partial charge on any atom is 0.416 e. The maximum absolute atomic E-state index is 12.9. The molecular weight excluding hydrogens is 415 g/mol. The average molecular weight is 437 g/mol. The smallest absolute Gasteiger partial charge is 0.416 e. The van der Waals surface area contributed by atoms with E-state index in [0.29, 0.717) is 37.1 Å². The van der Waals surface area contributed by atoms with E-state index in [4.69, 9.17) is 4.74 Å². The van der Waals surface area contributed by atoms with E-state index in [1.807, 2.05) is 6.92 Å². The summed E-state index contributed by atoms with van der Waals surface area (Å²) in [7, 11) is 0. The van der Waals surface area contributed by atoms with Crippen molar-refractivity contribution in [2.45, 2.75) is 19.5 Å². The summed E-state index contributed by atoms with van der Waals surface area (Å²) in [6.45, 7) is 3.73. The Kier molecular flexibility index (Phi) is 6.67. The number of alkyl halides is 3. The number of nitro groups is 1. The number of ether oxygens (including phenoxy) is 1. The Bertz CT molecular complexity index is 940. The Hall–Kier alpha value is -3.30. The number of hydrogen-bond acceptors (Lipinski definition) is 5. The topological polar surface area (TPSA) is 75.9 Å². The molecule has 0 unspecified atom stereocenters. The van der Waals surface area contributed by atoms with Crippen LogP contribution in [0.4, 0.5) is 24.5 Å². The van der Waals surface area contributed by atoms with E-state index in [0.717, 1.165) is 18.6 Å². The molecule has 1 aliphatic heterocycles. The minimum Gasteiger partial charge on any atom is -0.494 e. The van der Waals surface area contributed by atoms with Gasteiger partial charge in [0.2, 0.25) is 0 Å². The zero-order valence-electron chi connectivity index (χ0n) is 16.9. The lowest BCUT2D eigenvalue weighted by atomic mass is 10.1. The number of amides is 1. The highest BCUT2D eigenvalue weighted by Crippen LogP contribution is 2.36. The second-order valence-electron chi connectivity index (χ2n) is 7.11. The molecule has 1 fully saturated rings. The Morgan fingerprint density at radius 1 is 1.10 bits per heavy atom. The number of carbonyl (C=O) groups is 1. The number of rotatable bonds is 6. The molecule has 0 bridgehead atoms. The third kappa shape index (κ3) is 5.25. The molecule has 1 heterocycles. The SMILES string of the molecule is CCCOc1ccc(C(=O)N2CCN(c3ccc(C(F)(F)F)cc3[N+](=O)[O-])CC2)cc1. The van der Waals surface area contributed by atoms with Gasteiger partial charge >= 0.3 is 6.18 Å². The standard InChI is InChI=1S/C21H22F3N3O4/c1-2-13-31-17-6-3-15(4-7-17)20(28)26-11-9-25(10-12-26)18-8-5-16(21(22,23)24)14-19(18)27(29)30/h3-8,14H,2,9-13H2,1H3. The minimum atomic E-state index is -4.66. The molecule has 0 radical (unpaired) electrons. The summed E-state index contributed by atoms with van der Waals surface area (Å²) in [4.78, 5) is 26.5. The Morgan fingerprint density at radius 3 is 2.29 bits per heavy atom. The zero-order chi connectivity index (χ0) is 22.6. The number of carbonyl (C=O) groups excluding carboxylic acids is 1. The number of nitro benzene ring substituents is 1. The Morgan fingerprint density at radius 2 is 1.74 bits per heavy atom. The molecule has 0 saturated carbocycles. The van der Waals surface area contributed by atoms with Crippen LogP contribution in [0, 0.1) is 10.1 Å². The molecule has 0 N–H and O–H groups in total. The monoisotopic (exact) mass is 437 g/mol. The highest BCUT2D eigenvalue weighted by molar-refractivity contribution is 5.94. The summed E-state index contributed by atoms with van der Waals surface area (Å²) in [5, 5.41) is 11.3. The number of nitrogens with zero attached hydrogens (tertiary/aromatic N) is 3. The fourth-order valence-electron chi connectivity index (χ4n) is 3.36. The highest BCUT2D eigenvalue weighted by atomic mass is 19.4. The summed E-state index contributed by atoms with van der Waals surface area (Å²) in [5.74, 6) is 0.501. The molecule has 2 aromatic rings. The highest BCUT2D eigenvalue weighted by Gasteiger charge is 2.34. The first kappa shape index (κ1) is 22.4. The third-order valence-electron chi connectivity index (χ3n) is 4.98. The fourth-order valence-corrected chi connectivity index (χ4v) is 3.36. The van der Waals surface area contributed by atoms with Crippen molar-refractivity contribution in [1.29, 1.82) is 0 Å². The summed E-state index contributed by atoms with van der Waals surface area (Å²) in [6.07, 6.45) is -3.78. The quantitative estimate of drug-likeness (QED) is 0.496. The van der Waals surface area contributed by atoms with Crippen LogP contribution in [0.25, 0.3) is 0 Å². The van der Waals surface area contributed by atoms with Gasteiger partial charge in [-0.2, -0.15) is 13.2 Å². The molecule has 0 aromatic heterocycles. The van der Waals surface area contributed by atoms with Crippen LogP contribution in [0.15, 0.2) is 42.5 Å². The van der Waals surface area contributed by atoms with E-state index in [1.165, 1.54) is 0 Å². The van der Waals surface area contributed by atoms with Crippen molar-refractivity contribution >= 4 is 17.3 Å². The lowest BCUT2D eigenvalue weighted by Gasteiger charge is -2.36. The summed E-state index contributed by atoms with van der Waals surface area (Å²) in [6, 6.07) is 9.32. The van der Waals surface area contributed by atoms with Gasteiger partial charge in [-0.25, -0.2) is 0 Å². The van der Waals surface area contributed by atoms with E-state index < -0.39 is 22.4 Å². The second kappa shape index (κ2) is 9.23. The van der Waals surface area contributed by atoms with Gasteiger partial charge in [-0.15, -0.1) is 0 Å². The van der Waals surface area contributed by atoms with Crippen LogP contribution in [-0.2, 0) is 6.18 Å². The summed E-state index contributed by atoms with van der Waals surface area (Å²) >= 11 is 0. The van der Waals surface area contributed by atoms with Crippen LogP contribution < -0.4 is 9.64 Å². The van der Waals surface area contributed by atoms with E-state index in [2.05, 4.69) is 0 Å². The first-order valence-corrected chi connectivity index (χ1v) is 9.83. The van der Waals surface area contributed by atoms with Crippen molar-refractivity contribution in [3.8, 4) is 5.75 Å². The van der Waals surface area contributed by atoms with E-state index in [9.17, 15) is 28.1 Å².